The maximum Gasteiger partial charge on any atom is 0.254 e. The molecule has 1 fully saturated rings. The third-order valence-corrected chi connectivity index (χ3v) is 5.67. The van der Waals surface area contributed by atoms with Gasteiger partial charge >= 0.3 is 0 Å². The summed E-state index contributed by atoms with van der Waals surface area (Å²) in [5.41, 5.74) is 2.35. The Kier molecular flexibility index (Phi) is 5.95. The highest BCUT2D eigenvalue weighted by atomic mass is 35.5. The number of aryl methyl sites for hydroxylation is 1. The van der Waals surface area contributed by atoms with Crippen LogP contribution in [0.1, 0.15) is 35.7 Å². The SMILES string of the molecule is Cc1cccc(C(=O)N2CCCC(Oc3ccc(Cl)cn3)C2C)c1-c1ncccn1. The first kappa shape index (κ1) is 20.3. The molecule has 6 nitrogen and oxygen atoms in total. The van der Waals surface area contributed by atoms with Crippen LogP contribution in [0, 0.1) is 6.92 Å². The first-order valence-electron chi connectivity index (χ1n) is 10.0. The van der Waals surface area contributed by atoms with Crippen molar-refractivity contribution in [2.75, 3.05) is 6.54 Å². The summed E-state index contributed by atoms with van der Waals surface area (Å²) < 4.78 is 6.09. The Bertz CT molecular complexity index is 1030. The average Bonchev–Trinajstić information content (AvgIpc) is 2.76. The van der Waals surface area contributed by atoms with Crippen LogP contribution in [0.5, 0.6) is 5.88 Å². The van der Waals surface area contributed by atoms with Crippen LogP contribution in [0.3, 0.4) is 0 Å². The minimum Gasteiger partial charge on any atom is -0.472 e. The third kappa shape index (κ3) is 4.14. The summed E-state index contributed by atoms with van der Waals surface area (Å²) in [6.45, 7) is 4.67. The van der Waals surface area contributed by atoms with Crippen molar-refractivity contribution in [2.24, 2.45) is 0 Å². The molecule has 1 aliphatic rings. The van der Waals surface area contributed by atoms with Gasteiger partial charge in [0.05, 0.1) is 16.6 Å². The molecule has 0 aliphatic carbocycles. The van der Waals surface area contributed by atoms with E-state index in [-0.39, 0.29) is 18.1 Å². The van der Waals surface area contributed by atoms with E-state index in [1.165, 1.54) is 0 Å². The second-order valence-corrected chi connectivity index (χ2v) is 7.86. The van der Waals surface area contributed by atoms with Gasteiger partial charge in [-0.2, -0.15) is 0 Å². The second-order valence-electron chi connectivity index (χ2n) is 7.42. The van der Waals surface area contributed by atoms with Crippen LogP contribution in [-0.2, 0) is 0 Å². The Morgan fingerprint density at radius 1 is 1.13 bits per heavy atom. The summed E-state index contributed by atoms with van der Waals surface area (Å²) in [6, 6.07) is 10.9. The lowest BCUT2D eigenvalue weighted by Crippen LogP contribution is -2.51. The molecule has 30 heavy (non-hydrogen) atoms. The van der Waals surface area contributed by atoms with Crippen LogP contribution in [0.25, 0.3) is 11.4 Å². The molecule has 0 N–H and O–H groups in total. The fourth-order valence-corrected chi connectivity index (χ4v) is 3.98. The van der Waals surface area contributed by atoms with Crippen molar-refractivity contribution in [2.45, 2.75) is 38.8 Å². The lowest BCUT2D eigenvalue weighted by Gasteiger charge is -2.39. The molecule has 154 valence electrons. The number of carbonyl (C=O) groups excluding carboxylic acids is 1. The van der Waals surface area contributed by atoms with Crippen LogP contribution in [0.4, 0.5) is 0 Å². The molecule has 1 amide bonds. The van der Waals surface area contributed by atoms with E-state index in [1.807, 2.05) is 36.9 Å². The number of pyridine rings is 1. The van der Waals surface area contributed by atoms with Crippen LogP contribution in [0.2, 0.25) is 5.02 Å². The monoisotopic (exact) mass is 422 g/mol. The van der Waals surface area contributed by atoms with Crippen molar-refractivity contribution < 1.29 is 9.53 Å². The van der Waals surface area contributed by atoms with E-state index in [1.54, 1.807) is 36.8 Å². The standard InChI is InChI=1S/C23H23ClN4O2/c1-15-6-3-7-18(21(15)22-25-11-5-12-26-22)23(29)28-13-4-8-19(16(28)2)30-20-10-9-17(24)14-27-20/h3,5-7,9-12,14,16,19H,4,8,13H2,1-2H3. The highest BCUT2D eigenvalue weighted by Gasteiger charge is 2.34. The highest BCUT2D eigenvalue weighted by molar-refractivity contribution is 6.30. The van der Waals surface area contributed by atoms with Gasteiger partial charge in [-0.05, 0) is 50.5 Å². The zero-order valence-electron chi connectivity index (χ0n) is 17.0. The number of amides is 1. The highest BCUT2D eigenvalue weighted by Crippen LogP contribution is 2.29. The summed E-state index contributed by atoms with van der Waals surface area (Å²) in [4.78, 5) is 28.4. The minimum atomic E-state index is -0.141. The Labute approximate surface area is 180 Å². The molecular weight excluding hydrogens is 400 g/mol. The fourth-order valence-electron chi connectivity index (χ4n) is 3.86. The molecule has 2 atom stereocenters. The molecule has 2 aromatic heterocycles. The number of hydrogen-bond acceptors (Lipinski definition) is 5. The Morgan fingerprint density at radius 3 is 2.67 bits per heavy atom. The number of rotatable bonds is 4. The predicted octanol–water partition coefficient (Wildman–Crippen LogP) is 4.57. The number of halogens is 1. The van der Waals surface area contributed by atoms with Gasteiger partial charge in [0.15, 0.2) is 5.82 Å². The molecular formula is C23H23ClN4O2. The van der Waals surface area contributed by atoms with Gasteiger partial charge in [-0.25, -0.2) is 15.0 Å². The number of nitrogens with zero attached hydrogens (tertiary/aromatic N) is 4. The van der Waals surface area contributed by atoms with Crippen molar-refractivity contribution in [1.82, 2.24) is 19.9 Å². The molecule has 3 aromatic rings. The Balaban J connectivity index is 1.60. The first-order chi connectivity index (χ1) is 14.5. The lowest BCUT2D eigenvalue weighted by atomic mass is 9.95. The van der Waals surface area contributed by atoms with Crippen molar-refractivity contribution in [1.29, 1.82) is 0 Å². The topological polar surface area (TPSA) is 68.2 Å². The zero-order chi connectivity index (χ0) is 21.1. The molecule has 0 bridgehead atoms. The number of likely N-dealkylation sites (tertiary alicyclic amines) is 1. The van der Waals surface area contributed by atoms with Gasteiger partial charge in [-0.3, -0.25) is 4.79 Å². The molecule has 4 rings (SSSR count). The molecule has 0 saturated carbocycles. The van der Waals surface area contributed by atoms with Crippen LogP contribution in [-0.4, -0.2) is 44.4 Å². The molecule has 0 radical (unpaired) electrons. The van der Waals surface area contributed by atoms with E-state index in [0.29, 0.717) is 28.8 Å². The number of hydrogen-bond donors (Lipinski definition) is 0. The number of carbonyl (C=O) groups is 1. The van der Waals surface area contributed by atoms with E-state index < -0.39 is 0 Å². The number of aromatic nitrogens is 3. The van der Waals surface area contributed by atoms with Crippen molar-refractivity contribution in [3.8, 4) is 17.3 Å². The van der Waals surface area contributed by atoms with E-state index >= 15 is 0 Å². The van der Waals surface area contributed by atoms with Gasteiger partial charge in [0.1, 0.15) is 6.10 Å². The van der Waals surface area contributed by atoms with Crippen molar-refractivity contribution in [3.05, 3.63) is 71.1 Å². The molecule has 1 aliphatic heterocycles. The summed E-state index contributed by atoms with van der Waals surface area (Å²) in [5.74, 6) is 1.03. The Hall–Kier alpha value is -2.99. The summed E-state index contributed by atoms with van der Waals surface area (Å²) >= 11 is 5.91. The van der Waals surface area contributed by atoms with Crippen molar-refractivity contribution in [3.63, 3.8) is 0 Å². The van der Waals surface area contributed by atoms with Gasteiger partial charge in [-0.15, -0.1) is 0 Å². The van der Waals surface area contributed by atoms with Crippen LogP contribution in [0.15, 0.2) is 55.0 Å². The largest absolute Gasteiger partial charge is 0.472 e. The average molecular weight is 423 g/mol. The first-order valence-corrected chi connectivity index (χ1v) is 10.4. The fraction of sp³-hybridized carbons (Fsp3) is 0.304. The molecule has 2 unspecified atom stereocenters. The molecule has 3 heterocycles. The van der Waals surface area contributed by atoms with Gasteiger partial charge < -0.3 is 9.64 Å². The van der Waals surface area contributed by atoms with E-state index in [0.717, 1.165) is 24.0 Å². The minimum absolute atomic E-state index is 0.0361. The zero-order valence-corrected chi connectivity index (χ0v) is 17.7. The summed E-state index contributed by atoms with van der Waals surface area (Å²) in [5, 5.41) is 0.561. The van der Waals surface area contributed by atoms with E-state index in [4.69, 9.17) is 16.3 Å². The Morgan fingerprint density at radius 2 is 1.93 bits per heavy atom. The smallest absolute Gasteiger partial charge is 0.254 e. The number of benzene rings is 1. The van der Waals surface area contributed by atoms with E-state index in [9.17, 15) is 4.79 Å². The van der Waals surface area contributed by atoms with Gasteiger partial charge in [-0.1, -0.05) is 23.7 Å². The summed E-state index contributed by atoms with van der Waals surface area (Å²) in [6.07, 6.45) is 6.52. The van der Waals surface area contributed by atoms with Gasteiger partial charge in [0.2, 0.25) is 5.88 Å². The van der Waals surface area contributed by atoms with Gasteiger partial charge in [0.25, 0.3) is 5.91 Å². The normalized spacial score (nSPS) is 18.8. The maximum atomic E-state index is 13.6. The van der Waals surface area contributed by atoms with Crippen LogP contribution >= 0.6 is 11.6 Å². The summed E-state index contributed by atoms with van der Waals surface area (Å²) in [7, 11) is 0. The van der Waals surface area contributed by atoms with Crippen molar-refractivity contribution >= 4 is 17.5 Å². The number of ether oxygens (including phenoxy) is 1. The predicted molar refractivity (Wildman–Crippen MR) is 116 cm³/mol. The molecule has 0 spiro atoms. The molecule has 1 saturated heterocycles. The second kappa shape index (κ2) is 8.79. The quantitative estimate of drug-likeness (QED) is 0.615. The van der Waals surface area contributed by atoms with E-state index in [2.05, 4.69) is 15.0 Å². The molecule has 7 heteroatoms. The third-order valence-electron chi connectivity index (χ3n) is 5.44. The lowest BCUT2D eigenvalue weighted by molar-refractivity contribution is 0.0267. The number of piperidine rings is 1. The molecule has 1 aromatic carbocycles. The van der Waals surface area contributed by atoms with Crippen LogP contribution < -0.4 is 4.74 Å². The maximum absolute atomic E-state index is 13.6. The van der Waals surface area contributed by atoms with Gasteiger partial charge in [0, 0.05) is 36.8 Å².